The van der Waals surface area contributed by atoms with Gasteiger partial charge in [-0.15, -0.1) is 11.3 Å². The molecule has 18 heavy (non-hydrogen) atoms. The van der Waals surface area contributed by atoms with Gasteiger partial charge in [-0.05, 0) is 35.0 Å². The zero-order chi connectivity index (χ0) is 13.1. The third-order valence-electron chi connectivity index (χ3n) is 2.26. The van der Waals surface area contributed by atoms with Gasteiger partial charge in [0.15, 0.2) is 0 Å². The first kappa shape index (κ1) is 13.5. The predicted octanol–water partition coefficient (Wildman–Crippen LogP) is 3.80. The van der Waals surface area contributed by atoms with Crippen LogP contribution in [-0.4, -0.2) is 10.9 Å². The molecule has 3 nitrogen and oxygen atoms in total. The van der Waals surface area contributed by atoms with Gasteiger partial charge in [0.25, 0.3) is 5.91 Å². The molecule has 0 unspecified atom stereocenters. The van der Waals surface area contributed by atoms with Crippen molar-refractivity contribution in [3.05, 3.63) is 49.3 Å². The summed E-state index contributed by atoms with van der Waals surface area (Å²) < 4.78 is 0.710. The van der Waals surface area contributed by atoms with Crippen LogP contribution in [0.2, 0.25) is 5.02 Å². The molecule has 0 fully saturated rings. The monoisotopic (exact) mass is 344 g/mol. The highest BCUT2D eigenvalue weighted by Crippen LogP contribution is 2.25. The van der Waals surface area contributed by atoms with Crippen LogP contribution >= 0.6 is 38.9 Å². The average molecular weight is 346 g/mol. The Bertz CT molecular complexity index is 585. The van der Waals surface area contributed by atoms with Crippen molar-refractivity contribution in [2.75, 3.05) is 0 Å². The molecule has 1 aromatic carbocycles. The van der Waals surface area contributed by atoms with Crippen LogP contribution in [0.3, 0.4) is 0 Å². The highest BCUT2D eigenvalue weighted by molar-refractivity contribution is 9.10. The summed E-state index contributed by atoms with van der Waals surface area (Å²) in [4.78, 5) is 16.2. The minimum atomic E-state index is -0.200. The Balaban J connectivity index is 2.06. The Morgan fingerprint density at radius 3 is 3.00 bits per heavy atom. The largest absolute Gasteiger partial charge is 0.345 e. The number of nitrogens with zero attached hydrogens (tertiary/aromatic N) is 1. The number of halogens is 2. The maximum Gasteiger partial charge on any atom is 0.253 e. The number of amides is 1. The predicted molar refractivity (Wildman–Crippen MR) is 77.2 cm³/mol. The molecular formula is C12H10BrClN2OS. The normalized spacial score (nSPS) is 10.4. The maximum atomic E-state index is 12.0. The smallest absolute Gasteiger partial charge is 0.253 e. The summed E-state index contributed by atoms with van der Waals surface area (Å²) in [6, 6.07) is 5.26. The molecule has 0 bridgehead atoms. The summed E-state index contributed by atoms with van der Waals surface area (Å²) in [7, 11) is 0. The van der Waals surface area contributed by atoms with E-state index < -0.39 is 0 Å². The van der Waals surface area contributed by atoms with Crippen molar-refractivity contribution in [3.8, 4) is 0 Å². The number of hydrogen-bond donors (Lipinski definition) is 1. The quantitative estimate of drug-likeness (QED) is 0.919. The van der Waals surface area contributed by atoms with E-state index in [1.807, 2.05) is 12.3 Å². The molecule has 1 aromatic heterocycles. The molecule has 1 N–H and O–H groups in total. The first-order valence-corrected chi connectivity index (χ1v) is 7.26. The molecule has 0 atom stereocenters. The van der Waals surface area contributed by atoms with Crippen LogP contribution in [-0.2, 0) is 6.54 Å². The van der Waals surface area contributed by atoms with Crippen molar-refractivity contribution < 1.29 is 4.79 Å². The van der Waals surface area contributed by atoms with Crippen molar-refractivity contribution in [1.82, 2.24) is 10.3 Å². The minimum absolute atomic E-state index is 0.200. The van der Waals surface area contributed by atoms with Crippen LogP contribution in [0.5, 0.6) is 0 Å². The lowest BCUT2D eigenvalue weighted by Crippen LogP contribution is -2.23. The lowest BCUT2D eigenvalue weighted by Gasteiger charge is -2.06. The fraction of sp³-hybridized carbons (Fsp3) is 0.167. The van der Waals surface area contributed by atoms with Crippen LogP contribution in [0.4, 0.5) is 0 Å². The highest BCUT2D eigenvalue weighted by Gasteiger charge is 2.12. The minimum Gasteiger partial charge on any atom is -0.345 e. The second-order valence-electron chi connectivity index (χ2n) is 3.67. The first-order chi connectivity index (χ1) is 8.58. The number of rotatable bonds is 3. The molecule has 1 heterocycles. The maximum absolute atomic E-state index is 12.0. The molecule has 6 heteroatoms. The Kier molecular flexibility index (Phi) is 4.37. The number of carbonyl (C=O) groups excluding carboxylic acids is 1. The molecule has 0 saturated carbocycles. The highest BCUT2D eigenvalue weighted by atomic mass is 79.9. The number of aryl methyl sites for hydroxylation is 1. The summed E-state index contributed by atoms with van der Waals surface area (Å²) >= 11 is 10.9. The van der Waals surface area contributed by atoms with Gasteiger partial charge in [-0.2, -0.15) is 0 Å². The topological polar surface area (TPSA) is 42.0 Å². The van der Waals surface area contributed by atoms with Crippen LogP contribution in [0.1, 0.15) is 21.1 Å². The van der Waals surface area contributed by atoms with Crippen molar-refractivity contribution in [1.29, 1.82) is 0 Å². The lowest BCUT2D eigenvalue weighted by atomic mass is 10.2. The van der Waals surface area contributed by atoms with Gasteiger partial charge < -0.3 is 5.32 Å². The molecule has 0 radical (unpaired) electrons. The third kappa shape index (κ3) is 3.10. The van der Waals surface area contributed by atoms with Gasteiger partial charge in [0.1, 0.15) is 5.01 Å². The number of nitrogens with one attached hydrogen (secondary N) is 1. The number of aromatic nitrogens is 1. The summed E-state index contributed by atoms with van der Waals surface area (Å²) in [5.74, 6) is -0.200. The molecule has 0 aliphatic heterocycles. The number of benzene rings is 1. The first-order valence-electron chi connectivity index (χ1n) is 5.21. The van der Waals surface area contributed by atoms with Gasteiger partial charge in [0.05, 0.1) is 17.1 Å². The molecule has 2 rings (SSSR count). The molecule has 0 saturated heterocycles. The van der Waals surface area contributed by atoms with E-state index in [2.05, 4.69) is 26.2 Å². The van der Waals surface area contributed by atoms with E-state index in [9.17, 15) is 4.79 Å². The Morgan fingerprint density at radius 1 is 1.56 bits per heavy atom. The zero-order valence-corrected chi connectivity index (χ0v) is 12.7. The second kappa shape index (κ2) is 5.82. The van der Waals surface area contributed by atoms with E-state index in [4.69, 9.17) is 11.6 Å². The SMILES string of the molecule is Cc1csc(CNC(=O)c2cccc(Br)c2Cl)n1. The van der Waals surface area contributed by atoms with Gasteiger partial charge in [-0.3, -0.25) is 4.79 Å². The van der Waals surface area contributed by atoms with Crippen LogP contribution in [0, 0.1) is 6.92 Å². The van der Waals surface area contributed by atoms with Gasteiger partial charge in [-0.25, -0.2) is 4.98 Å². The summed E-state index contributed by atoms with van der Waals surface area (Å²) in [6.07, 6.45) is 0. The van der Waals surface area contributed by atoms with Gasteiger partial charge in [0, 0.05) is 15.5 Å². The summed E-state index contributed by atoms with van der Waals surface area (Å²) in [5, 5.41) is 6.06. The van der Waals surface area contributed by atoms with Crippen LogP contribution < -0.4 is 5.32 Å². The summed E-state index contributed by atoms with van der Waals surface area (Å²) in [5.41, 5.74) is 1.42. The van der Waals surface area contributed by atoms with Gasteiger partial charge in [0.2, 0.25) is 0 Å². The van der Waals surface area contributed by atoms with E-state index in [-0.39, 0.29) is 5.91 Å². The van der Waals surface area contributed by atoms with Crippen molar-refractivity contribution in [3.63, 3.8) is 0 Å². The molecule has 1 amide bonds. The van der Waals surface area contributed by atoms with E-state index in [0.29, 0.717) is 21.6 Å². The van der Waals surface area contributed by atoms with E-state index in [1.54, 1.807) is 18.2 Å². The summed E-state index contributed by atoms with van der Waals surface area (Å²) in [6.45, 7) is 2.34. The van der Waals surface area contributed by atoms with E-state index in [1.165, 1.54) is 11.3 Å². The zero-order valence-electron chi connectivity index (χ0n) is 9.54. The fourth-order valence-corrected chi connectivity index (χ4v) is 2.70. The fourth-order valence-electron chi connectivity index (χ4n) is 1.41. The molecule has 0 spiro atoms. The molecule has 2 aromatic rings. The number of hydrogen-bond acceptors (Lipinski definition) is 3. The average Bonchev–Trinajstić information content (AvgIpc) is 2.76. The standard InChI is InChI=1S/C12H10BrClN2OS/c1-7-6-18-10(16-7)5-15-12(17)8-3-2-4-9(13)11(8)14/h2-4,6H,5H2,1H3,(H,15,17). The van der Waals surface area contributed by atoms with Gasteiger partial charge >= 0.3 is 0 Å². The second-order valence-corrected chi connectivity index (χ2v) is 5.84. The van der Waals surface area contributed by atoms with E-state index in [0.717, 1.165) is 10.7 Å². The van der Waals surface area contributed by atoms with Crippen molar-refractivity contribution >= 4 is 44.8 Å². The van der Waals surface area contributed by atoms with Gasteiger partial charge in [-0.1, -0.05) is 17.7 Å². The van der Waals surface area contributed by atoms with Crippen LogP contribution in [0.25, 0.3) is 0 Å². The number of carbonyl (C=O) groups is 1. The number of thiazole rings is 1. The lowest BCUT2D eigenvalue weighted by molar-refractivity contribution is 0.0951. The third-order valence-corrected chi connectivity index (χ3v) is 4.53. The Labute approximate surface area is 122 Å². The van der Waals surface area contributed by atoms with Crippen LogP contribution in [0.15, 0.2) is 28.1 Å². The van der Waals surface area contributed by atoms with E-state index >= 15 is 0 Å². The molecule has 0 aliphatic carbocycles. The van der Waals surface area contributed by atoms with Crippen molar-refractivity contribution in [2.24, 2.45) is 0 Å². The molecule has 0 aliphatic rings. The Morgan fingerprint density at radius 2 is 2.33 bits per heavy atom. The Hall–Kier alpha value is -0.910. The molecule has 94 valence electrons. The molecular weight excluding hydrogens is 336 g/mol. The van der Waals surface area contributed by atoms with Crippen molar-refractivity contribution in [2.45, 2.75) is 13.5 Å².